The number of nitriles is 1. The highest BCUT2D eigenvalue weighted by molar-refractivity contribution is 6.42. The summed E-state index contributed by atoms with van der Waals surface area (Å²) in [4.78, 5) is 12.3. The van der Waals surface area contributed by atoms with Crippen molar-refractivity contribution in [2.24, 2.45) is 0 Å². The summed E-state index contributed by atoms with van der Waals surface area (Å²) in [7, 11) is 0. The van der Waals surface area contributed by atoms with Gasteiger partial charge in [0.2, 0.25) is 0 Å². The number of aromatic nitrogens is 1. The van der Waals surface area contributed by atoms with E-state index >= 15 is 0 Å². The Balaban J connectivity index is 2.23. The average Bonchev–Trinajstić information content (AvgIpc) is 3.26. The van der Waals surface area contributed by atoms with Crippen LogP contribution >= 0.6 is 23.2 Å². The number of hydrogen-bond donors (Lipinski definition) is 0. The zero-order valence-corrected chi connectivity index (χ0v) is 11.9. The van der Waals surface area contributed by atoms with E-state index in [-0.39, 0.29) is 17.2 Å². The van der Waals surface area contributed by atoms with Gasteiger partial charge in [-0.3, -0.25) is 4.79 Å². The second kappa shape index (κ2) is 4.97. The maximum Gasteiger partial charge on any atom is 0.269 e. The smallest absolute Gasteiger partial charge is 0.269 e. The average molecular weight is 305 g/mol. The summed E-state index contributed by atoms with van der Waals surface area (Å²) in [5, 5.41) is 9.91. The van der Waals surface area contributed by atoms with Gasteiger partial charge >= 0.3 is 0 Å². The first-order chi connectivity index (χ1) is 9.61. The monoisotopic (exact) mass is 304 g/mol. The summed E-state index contributed by atoms with van der Waals surface area (Å²) in [5.41, 5.74) is 1.53. The van der Waals surface area contributed by atoms with Gasteiger partial charge in [-0.2, -0.15) is 5.26 Å². The molecule has 1 aromatic heterocycles. The van der Waals surface area contributed by atoms with Crippen molar-refractivity contribution in [1.29, 1.82) is 5.26 Å². The Morgan fingerprint density at radius 2 is 1.90 bits per heavy atom. The van der Waals surface area contributed by atoms with E-state index in [9.17, 15) is 4.79 Å². The van der Waals surface area contributed by atoms with Gasteiger partial charge in [0.1, 0.15) is 11.6 Å². The van der Waals surface area contributed by atoms with Crippen molar-refractivity contribution < 1.29 is 0 Å². The third kappa shape index (κ3) is 2.22. The molecule has 1 aliphatic carbocycles. The molecule has 1 aliphatic rings. The molecule has 2 aromatic rings. The van der Waals surface area contributed by atoms with E-state index in [1.807, 2.05) is 12.1 Å². The minimum Gasteiger partial charge on any atom is -0.304 e. The van der Waals surface area contributed by atoms with Gasteiger partial charge in [-0.15, -0.1) is 0 Å². The molecule has 1 saturated carbocycles. The molecule has 0 aliphatic heterocycles. The van der Waals surface area contributed by atoms with Crippen LogP contribution in [0, 0.1) is 11.3 Å². The first-order valence-corrected chi connectivity index (χ1v) is 6.98. The molecule has 20 heavy (non-hydrogen) atoms. The van der Waals surface area contributed by atoms with Gasteiger partial charge in [-0.1, -0.05) is 29.3 Å². The second-order valence-electron chi connectivity index (χ2n) is 4.78. The van der Waals surface area contributed by atoms with Crippen molar-refractivity contribution in [3.05, 3.63) is 56.3 Å². The van der Waals surface area contributed by atoms with Crippen LogP contribution in [0.15, 0.2) is 35.1 Å². The zero-order chi connectivity index (χ0) is 14.3. The Hall–Kier alpha value is -1.76. The van der Waals surface area contributed by atoms with Gasteiger partial charge in [0.05, 0.1) is 15.7 Å². The standard InChI is InChI=1S/C15H10Cl2N2O/c16-12-5-1-9(7-13(12)17)14-6-2-10(8-18)15(20)19(14)11-3-4-11/h1-2,5-7,11H,3-4H2. The molecule has 0 spiro atoms. The highest BCUT2D eigenvalue weighted by Crippen LogP contribution is 2.38. The number of pyridine rings is 1. The molecule has 1 heterocycles. The largest absolute Gasteiger partial charge is 0.304 e. The second-order valence-corrected chi connectivity index (χ2v) is 5.59. The summed E-state index contributed by atoms with van der Waals surface area (Å²) in [6.45, 7) is 0. The van der Waals surface area contributed by atoms with E-state index in [0.717, 1.165) is 24.1 Å². The van der Waals surface area contributed by atoms with Crippen molar-refractivity contribution in [3.8, 4) is 17.3 Å². The quantitative estimate of drug-likeness (QED) is 0.841. The van der Waals surface area contributed by atoms with Crippen molar-refractivity contribution >= 4 is 23.2 Å². The van der Waals surface area contributed by atoms with E-state index in [4.69, 9.17) is 28.5 Å². The van der Waals surface area contributed by atoms with Crippen LogP contribution in [0.5, 0.6) is 0 Å². The van der Waals surface area contributed by atoms with Crippen LogP contribution in [-0.2, 0) is 0 Å². The molecular weight excluding hydrogens is 295 g/mol. The van der Waals surface area contributed by atoms with Crippen LogP contribution in [0.25, 0.3) is 11.3 Å². The normalized spacial score (nSPS) is 14.1. The summed E-state index contributed by atoms with van der Waals surface area (Å²) in [5.74, 6) is 0. The van der Waals surface area contributed by atoms with Crippen molar-refractivity contribution in [1.82, 2.24) is 4.57 Å². The van der Waals surface area contributed by atoms with Gasteiger partial charge < -0.3 is 4.57 Å². The predicted octanol–water partition coefficient (Wildman–Crippen LogP) is 4.03. The first kappa shape index (κ1) is 13.2. The number of benzene rings is 1. The Bertz CT molecular complexity index is 785. The van der Waals surface area contributed by atoms with E-state index in [0.29, 0.717) is 10.0 Å². The number of halogens is 2. The van der Waals surface area contributed by atoms with Gasteiger partial charge in [0.25, 0.3) is 5.56 Å². The lowest BCUT2D eigenvalue weighted by Gasteiger charge is -2.13. The van der Waals surface area contributed by atoms with Gasteiger partial charge in [0, 0.05) is 6.04 Å². The molecule has 0 bridgehead atoms. The molecule has 100 valence electrons. The van der Waals surface area contributed by atoms with Crippen LogP contribution < -0.4 is 5.56 Å². The molecule has 0 unspecified atom stereocenters. The molecule has 0 saturated heterocycles. The van der Waals surface area contributed by atoms with E-state index in [2.05, 4.69) is 0 Å². The molecule has 3 rings (SSSR count). The Morgan fingerprint density at radius 3 is 2.50 bits per heavy atom. The summed E-state index contributed by atoms with van der Waals surface area (Å²) in [6, 6.07) is 10.7. The molecule has 3 nitrogen and oxygen atoms in total. The Labute approximate surface area is 126 Å². The van der Waals surface area contributed by atoms with Crippen LogP contribution in [0.2, 0.25) is 10.0 Å². The first-order valence-electron chi connectivity index (χ1n) is 6.23. The number of nitrogens with zero attached hydrogens (tertiary/aromatic N) is 2. The van der Waals surface area contributed by atoms with Crippen LogP contribution in [0.4, 0.5) is 0 Å². The minimum absolute atomic E-state index is 0.167. The molecule has 0 amide bonds. The SMILES string of the molecule is N#Cc1ccc(-c2ccc(Cl)c(Cl)c2)n(C2CC2)c1=O. The zero-order valence-electron chi connectivity index (χ0n) is 10.4. The van der Waals surface area contributed by atoms with Crippen LogP contribution in [0.1, 0.15) is 24.4 Å². The predicted molar refractivity (Wildman–Crippen MR) is 79.1 cm³/mol. The van der Waals surface area contributed by atoms with Crippen molar-refractivity contribution in [3.63, 3.8) is 0 Å². The lowest BCUT2D eigenvalue weighted by Crippen LogP contribution is -2.23. The lowest BCUT2D eigenvalue weighted by molar-refractivity contribution is 0.713. The fourth-order valence-electron chi connectivity index (χ4n) is 2.22. The fraction of sp³-hybridized carbons (Fsp3) is 0.200. The molecule has 5 heteroatoms. The maximum atomic E-state index is 12.3. The van der Waals surface area contributed by atoms with E-state index in [1.165, 1.54) is 0 Å². The van der Waals surface area contributed by atoms with E-state index < -0.39 is 0 Å². The topological polar surface area (TPSA) is 45.8 Å². The maximum absolute atomic E-state index is 12.3. The third-order valence-corrected chi connectivity index (χ3v) is 4.10. The molecule has 0 atom stereocenters. The molecule has 1 fully saturated rings. The van der Waals surface area contributed by atoms with Crippen molar-refractivity contribution in [2.45, 2.75) is 18.9 Å². The van der Waals surface area contributed by atoms with E-state index in [1.54, 1.807) is 28.8 Å². The highest BCUT2D eigenvalue weighted by atomic mass is 35.5. The molecule has 0 radical (unpaired) electrons. The van der Waals surface area contributed by atoms with Crippen LogP contribution in [0.3, 0.4) is 0 Å². The number of hydrogen-bond acceptors (Lipinski definition) is 2. The minimum atomic E-state index is -0.237. The third-order valence-electron chi connectivity index (χ3n) is 3.36. The van der Waals surface area contributed by atoms with Gasteiger partial charge in [-0.25, -0.2) is 0 Å². The molecular formula is C15H10Cl2N2O. The Morgan fingerprint density at radius 1 is 1.15 bits per heavy atom. The Kier molecular flexibility index (Phi) is 3.29. The highest BCUT2D eigenvalue weighted by Gasteiger charge is 2.28. The summed E-state index contributed by atoms with van der Waals surface area (Å²) < 4.78 is 1.69. The van der Waals surface area contributed by atoms with Gasteiger partial charge in [0.15, 0.2) is 0 Å². The lowest BCUT2D eigenvalue weighted by atomic mass is 10.1. The fourth-order valence-corrected chi connectivity index (χ4v) is 2.52. The van der Waals surface area contributed by atoms with Crippen molar-refractivity contribution in [2.75, 3.05) is 0 Å². The molecule has 1 aromatic carbocycles. The number of rotatable bonds is 2. The summed E-state index contributed by atoms with van der Waals surface area (Å²) in [6.07, 6.45) is 1.92. The molecule has 0 N–H and O–H groups in total. The van der Waals surface area contributed by atoms with Gasteiger partial charge in [-0.05, 0) is 42.7 Å². The van der Waals surface area contributed by atoms with Crippen LogP contribution in [-0.4, -0.2) is 4.57 Å². The summed E-state index contributed by atoms with van der Waals surface area (Å²) >= 11 is 12.0.